The summed E-state index contributed by atoms with van der Waals surface area (Å²) in [7, 11) is 1.14. The van der Waals surface area contributed by atoms with E-state index >= 15 is 0 Å². The molecule has 1 N–H and O–H groups in total. The molecule has 7 heteroatoms. The van der Waals surface area contributed by atoms with Crippen molar-refractivity contribution in [1.29, 1.82) is 0 Å². The monoisotopic (exact) mass is 289 g/mol. The van der Waals surface area contributed by atoms with E-state index in [-0.39, 0.29) is 12.0 Å². The molecule has 0 bridgehead atoms. The van der Waals surface area contributed by atoms with E-state index in [0.29, 0.717) is 0 Å². The van der Waals surface area contributed by atoms with Gasteiger partial charge in [-0.2, -0.15) is 13.2 Å². The number of methoxy groups -OCH3 is 1. The van der Waals surface area contributed by atoms with Crippen LogP contribution in [0.1, 0.15) is 18.1 Å². The minimum atomic E-state index is -4.45. The minimum Gasteiger partial charge on any atom is -0.467 e. The summed E-state index contributed by atoms with van der Waals surface area (Å²) in [6.45, 7) is 1.21. The second-order valence-corrected chi connectivity index (χ2v) is 4.18. The first-order chi connectivity index (χ1) is 9.24. The Balaban J connectivity index is 2.93. The number of esters is 1. The maximum atomic E-state index is 12.6. The first-order valence-electron chi connectivity index (χ1n) is 5.75. The third-order valence-electron chi connectivity index (χ3n) is 2.56. The molecule has 1 atom stereocenters. The first-order valence-corrected chi connectivity index (χ1v) is 5.75. The zero-order chi connectivity index (χ0) is 15.3. The van der Waals surface area contributed by atoms with Crippen LogP contribution >= 0.6 is 0 Å². The van der Waals surface area contributed by atoms with Crippen LogP contribution in [-0.4, -0.2) is 25.0 Å². The predicted molar refractivity (Wildman–Crippen MR) is 64.8 cm³/mol. The highest BCUT2D eigenvalue weighted by Gasteiger charge is 2.31. The van der Waals surface area contributed by atoms with Crippen molar-refractivity contribution in [2.45, 2.75) is 25.6 Å². The Morgan fingerprint density at radius 3 is 2.50 bits per heavy atom. The van der Waals surface area contributed by atoms with E-state index in [1.54, 1.807) is 0 Å². The Morgan fingerprint density at radius 1 is 1.35 bits per heavy atom. The van der Waals surface area contributed by atoms with Crippen molar-refractivity contribution in [3.05, 3.63) is 35.4 Å². The van der Waals surface area contributed by atoms with Crippen molar-refractivity contribution in [2.75, 3.05) is 7.11 Å². The van der Waals surface area contributed by atoms with Gasteiger partial charge in [-0.3, -0.25) is 4.79 Å². The Hall–Kier alpha value is -2.05. The van der Waals surface area contributed by atoms with Crippen LogP contribution in [0.4, 0.5) is 13.2 Å². The normalized spacial score (nSPS) is 12.7. The quantitative estimate of drug-likeness (QED) is 0.862. The summed E-state index contributed by atoms with van der Waals surface area (Å²) in [4.78, 5) is 22.5. The number of rotatable bonds is 4. The van der Waals surface area contributed by atoms with Gasteiger partial charge in [0.1, 0.15) is 6.04 Å². The molecule has 0 radical (unpaired) electrons. The molecular formula is C13H14F3NO3. The van der Waals surface area contributed by atoms with Crippen molar-refractivity contribution in [1.82, 2.24) is 5.32 Å². The highest BCUT2D eigenvalue weighted by Crippen LogP contribution is 2.29. The van der Waals surface area contributed by atoms with Gasteiger partial charge in [0.05, 0.1) is 12.7 Å². The average Bonchev–Trinajstić information content (AvgIpc) is 2.36. The van der Waals surface area contributed by atoms with E-state index in [4.69, 9.17) is 0 Å². The lowest BCUT2D eigenvalue weighted by atomic mass is 10.0. The fourth-order valence-electron chi connectivity index (χ4n) is 1.69. The van der Waals surface area contributed by atoms with Crippen LogP contribution in [0.3, 0.4) is 0 Å². The Morgan fingerprint density at radius 2 is 2.00 bits per heavy atom. The molecule has 0 heterocycles. The zero-order valence-electron chi connectivity index (χ0n) is 11.0. The van der Waals surface area contributed by atoms with Crippen LogP contribution in [0, 0.1) is 0 Å². The lowest BCUT2D eigenvalue weighted by Crippen LogP contribution is -2.42. The van der Waals surface area contributed by atoms with Crippen LogP contribution in [0.2, 0.25) is 0 Å². The maximum absolute atomic E-state index is 12.6. The fraction of sp³-hybridized carbons (Fsp3) is 0.385. The van der Waals surface area contributed by atoms with Crippen LogP contribution in [0.25, 0.3) is 0 Å². The second kappa shape index (κ2) is 6.40. The molecule has 0 fully saturated rings. The molecule has 1 amide bonds. The molecule has 110 valence electrons. The standard InChI is InChI=1S/C13H14F3NO3/c1-8(18)17-11(12(19)20-2)7-9-4-3-5-10(6-9)13(14,15)16/h3-6,11H,7H2,1-2H3,(H,17,18). The Bertz CT molecular complexity index is 500. The van der Waals surface area contributed by atoms with Crippen LogP contribution < -0.4 is 5.32 Å². The Labute approximate surface area is 113 Å². The molecule has 20 heavy (non-hydrogen) atoms. The number of hydrogen-bond donors (Lipinski definition) is 1. The highest BCUT2D eigenvalue weighted by atomic mass is 19.4. The molecule has 0 aromatic heterocycles. The summed E-state index contributed by atoms with van der Waals surface area (Å²) in [5.74, 6) is -1.18. The van der Waals surface area contributed by atoms with Gasteiger partial charge in [-0.1, -0.05) is 18.2 Å². The summed E-state index contributed by atoms with van der Waals surface area (Å²) in [5.41, 5.74) is -0.523. The molecule has 0 saturated carbocycles. The lowest BCUT2D eigenvalue weighted by molar-refractivity contribution is -0.144. The van der Waals surface area contributed by atoms with Gasteiger partial charge in [-0.05, 0) is 11.6 Å². The first kappa shape index (κ1) is 16.0. The second-order valence-electron chi connectivity index (χ2n) is 4.18. The SMILES string of the molecule is COC(=O)C(Cc1cccc(C(F)(F)F)c1)NC(C)=O. The van der Waals surface area contributed by atoms with E-state index in [2.05, 4.69) is 10.1 Å². The molecule has 0 spiro atoms. The third-order valence-corrected chi connectivity index (χ3v) is 2.56. The van der Waals surface area contributed by atoms with E-state index in [1.165, 1.54) is 19.1 Å². The number of amides is 1. The number of carbonyl (C=O) groups is 2. The van der Waals surface area contributed by atoms with Crippen molar-refractivity contribution < 1.29 is 27.5 Å². The zero-order valence-corrected chi connectivity index (χ0v) is 11.0. The summed E-state index contributed by atoms with van der Waals surface area (Å²) in [5, 5.41) is 2.34. The van der Waals surface area contributed by atoms with Crippen molar-refractivity contribution in [3.8, 4) is 0 Å². The van der Waals surface area contributed by atoms with Crippen molar-refractivity contribution in [2.24, 2.45) is 0 Å². The molecule has 1 aromatic carbocycles. The van der Waals surface area contributed by atoms with Crippen molar-refractivity contribution in [3.63, 3.8) is 0 Å². The minimum absolute atomic E-state index is 0.0732. The predicted octanol–water partition coefficient (Wildman–Crippen LogP) is 1.93. The molecule has 1 rings (SSSR count). The summed E-state index contributed by atoms with van der Waals surface area (Å²) in [6, 6.07) is 3.57. The molecular weight excluding hydrogens is 275 g/mol. The highest BCUT2D eigenvalue weighted by molar-refractivity contribution is 5.83. The number of ether oxygens (including phenoxy) is 1. The number of hydrogen-bond acceptors (Lipinski definition) is 3. The van der Waals surface area contributed by atoms with Crippen LogP contribution in [0.5, 0.6) is 0 Å². The van der Waals surface area contributed by atoms with Gasteiger partial charge >= 0.3 is 12.1 Å². The summed E-state index contributed by atoms with van der Waals surface area (Å²) < 4.78 is 42.2. The molecule has 4 nitrogen and oxygen atoms in total. The molecule has 0 aliphatic carbocycles. The van der Waals surface area contributed by atoms with Gasteiger partial charge in [0.25, 0.3) is 0 Å². The van der Waals surface area contributed by atoms with E-state index < -0.39 is 29.7 Å². The largest absolute Gasteiger partial charge is 0.467 e. The molecule has 0 aliphatic rings. The van der Waals surface area contributed by atoms with Crippen LogP contribution in [0.15, 0.2) is 24.3 Å². The number of nitrogens with one attached hydrogen (secondary N) is 1. The fourth-order valence-corrected chi connectivity index (χ4v) is 1.69. The van der Waals surface area contributed by atoms with Gasteiger partial charge in [-0.25, -0.2) is 4.79 Å². The number of alkyl halides is 3. The summed E-state index contributed by atoms with van der Waals surface area (Å²) >= 11 is 0. The number of carbonyl (C=O) groups excluding carboxylic acids is 2. The summed E-state index contributed by atoms with van der Waals surface area (Å²) in [6.07, 6.45) is -4.53. The van der Waals surface area contributed by atoms with Gasteiger partial charge in [-0.15, -0.1) is 0 Å². The van der Waals surface area contributed by atoms with Gasteiger partial charge in [0.2, 0.25) is 5.91 Å². The number of halogens is 3. The topological polar surface area (TPSA) is 55.4 Å². The molecule has 0 saturated heterocycles. The van der Waals surface area contributed by atoms with E-state index in [0.717, 1.165) is 19.2 Å². The molecule has 1 unspecified atom stereocenters. The molecule has 1 aromatic rings. The molecule has 0 aliphatic heterocycles. The smallest absolute Gasteiger partial charge is 0.416 e. The van der Waals surface area contributed by atoms with Crippen LogP contribution in [-0.2, 0) is 26.9 Å². The van der Waals surface area contributed by atoms with E-state index in [1.807, 2.05) is 0 Å². The Kier molecular flexibility index (Phi) is 5.12. The maximum Gasteiger partial charge on any atom is 0.416 e. The average molecular weight is 289 g/mol. The van der Waals surface area contributed by atoms with Gasteiger partial charge in [0, 0.05) is 13.3 Å². The van der Waals surface area contributed by atoms with E-state index in [9.17, 15) is 22.8 Å². The number of benzene rings is 1. The lowest BCUT2D eigenvalue weighted by Gasteiger charge is -2.16. The van der Waals surface area contributed by atoms with Gasteiger partial charge in [0.15, 0.2) is 0 Å². The third kappa shape index (κ3) is 4.56. The van der Waals surface area contributed by atoms with Gasteiger partial charge < -0.3 is 10.1 Å². The van der Waals surface area contributed by atoms with Crippen molar-refractivity contribution >= 4 is 11.9 Å².